The van der Waals surface area contributed by atoms with Crippen molar-refractivity contribution in [2.24, 2.45) is 0 Å². The standard InChI is InChI=1S/C12H13BrN2S/c1-8-5-6-16-11(8)7-14-10-3-4-12(13)15-9(10)2/h3-6,14H,7H2,1-2H3. The minimum atomic E-state index is 0.869. The topological polar surface area (TPSA) is 24.9 Å². The first-order valence-electron chi connectivity index (χ1n) is 5.07. The van der Waals surface area contributed by atoms with Gasteiger partial charge < -0.3 is 5.32 Å². The molecule has 0 fully saturated rings. The fraction of sp³-hybridized carbons (Fsp3) is 0.250. The van der Waals surface area contributed by atoms with Crippen molar-refractivity contribution in [3.63, 3.8) is 0 Å². The Morgan fingerprint density at radius 3 is 2.75 bits per heavy atom. The van der Waals surface area contributed by atoms with Crippen LogP contribution in [0, 0.1) is 13.8 Å². The molecule has 0 saturated carbocycles. The maximum absolute atomic E-state index is 4.35. The molecule has 16 heavy (non-hydrogen) atoms. The van der Waals surface area contributed by atoms with Crippen LogP contribution >= 0.6 is 27.3 Å². The van der Waals surface area contributed by atoms with Crippen molar-refractivity contribution in [1.29, 1.82) is 0 Å². The molecule has 2 aromatic heterocycles. The lowest BCUT2D eigenvalue weighted by Crippen LogP contribution is -2.01. The van der Waals surface area contributed by atoms with Gasteiger partial charge >= 0.3 is 0 Å². The smallest absolute Gasteiger partial charge is 0.106 e. The van der Waals surface area contributed by atoms with Gasteiger partial charge in [0.2, 0.25) is 0 Å². The third-order valence-corrected chi connectivity index (χ3v) is 3.92. The van der Waals surface area contributed by atoms with Crippen LogP contribution in [0.2, 0.25) is 0 Å². The molecule has 1 N–H and O–H groups in total. The number of halogens is 1. The highest BCUT2D eigenvalue weighted by Crippen LogP contribution is 2.20. The largest absolute Gasteiger partial charge is 0.379 e. The summed E-state index contributed by atoms with van der Waals surface area (Å²) in [4.78, 5) is 5.73. The molecule has 2 heterocycles. The molecule has 4 heteroatoms. The lowest BCUT2D eigenvalue weighted by atomic mass is 10.2. The summed E-state index contributed by atoms with van der Waals surface area (Å²) in [6, 6.07) is 6.15. The fourth-order valence-electron chi connectivity index (χ4n) is 1.48. The summed E-state index contributed by atoms with van der Waals surface area (Å²) in [7, 11) is 0. The molecule has 0 unspecified atom stereocenters. The quantitative estimate of drug-likeness (QED) is 0.861. The van der Waals surface area contributed by atoms with Gasteiger partial charge in [0.25, 0.3) is 0 Å². The molecule has 0 radical (unpaired) electrons. The Balaban J connectivity index is 2.08. The molecule has 0 aliphatic heterocycles. The number of thiophene rings is 1. The number of rotatable bonds is 3. The second-order valence-electron chi connectivity index (χ2n) is 3.65. The molecule has 0 aromatic carbocycles. The van der Waals surface area contributed by atoms with Crippen molar-refractivity contribution in [2.75, 3.05) is 5.32 Å². The Morgan fingerprint density at radius 1 is 1.31 bits per heavy atom. The molecule has 2 nitrogen and oxygen atoms in total. The summed E-state index contributed by atoms with van der Waals surface area (Å²) < 4.78 is 0.878. The number of aryl methyl sites for hydroxylation is 2. The van der Waals surface area contributed by atoms with Crippen molar-refractivity contribution in [1.82, 2.24) is 4.98 Å². The van der Waals surface area contributed by atoms with E-state index in [2.05, 4.69) is 50.7 Å². The van der Waals surface area contributed by atoms with E-state index < -0.39 is 0 Å². The molecule has 0 spiro atoms. The van der Waals surface area contributed by atoms with Crippen LogP contribution in [0.15, 0.2) is 28.2 Å². The van der Waals surface area contributed by atoms with Gasteiger partial charge in [-0.3, -0.25) is 0 Å². The number of anilines is 1. The Labute approximate surface area is 108 Å². The summed E-state index contributed by atoms with van der Waals surface area (Å²) in [6.45, 7) is 5.02. The van der Waals surface area contributed by atoms with Gasteiger partial charge in [0.1, 0.15) is 4.60 Å². The number of nitrogens with one attached hydrogen (secondary N) is 1. The van der Waals surface area contributed by atoms with Crippen molar-refractivity contribution >= 4 is 33.0 Å². The van der Waals surface area contributed by atoms with E-state index in [-0.39, 0.29) is 0 Å². The van der Waals surface area contributed by atoms with Gasteiger partial charge in [-0.25, -0.2) is 4.98 Å². The maximum Gasteiger partial charge on any atom is 0.106 e. The number of hydrogen-bond acceptors (Lipinski definition) is 3. The van der Waals surface area contributed by atoms with Gasteiger partial charge in [-0.05, 0) is 58.9 Å². The predicted molar refractivity (Wildman–Crippen MR) is 73.1 cm³/mol. The highest BCUT2D eigenvalue weighted by molar-refractivity contribution is 9.10. The highest BCUT2D eigenvalue weighted by Gasteiger charge is 2.02. The van der Waals surface area contributed by atoms with Gasteiger partial charge in [-0.1, -0.05) is 0 Å². The van der Waals surface area contributed by atoms with Crippen LogP contribution in [0.25, 0.3) is 0 Å². The van der Waals surface area contributed by atoms with Crippen LogP contribution < -0.4 is 5.32 Å². The Hall–Kier alpha value is -0.870. The van der Waals surface area contributed by atoms with E-state index in [4.69, 9.17) is 0 Å². The van der Waals surface area contributed by atoms with Crippen LogP contribution in [0.1, 0.15) is 16.1 Å². The lowest BCUT2D eigenvalue weighted by Gasteiger charge is -2.08. The third-order valence-electron chi connectivity index (χ3n) is 2.46. The molecule has 2 aromatic rings. The summed E-state index contributed by atoms with van der Waals surface area (Å²) in [5, 5.41) is 5.53. The molecule has 0 aliphatic rings. The van der Waals surface area contributed by atoms with Crippen molar-refractivity contribution in [3.8, 4) is 0 Å². The van der Waals surface area contributed by atoms with Gasteiger partial charge in [0, 0.05) is 11.4 Å². The molecule has 0 saturated heterocycles. The van der Waals surface area contributed by atoms with Gasteiger partial charge in [-0.2, -0.15) is 0 Å². The minimum Gasteiger partial charge on any atom is -0.379 e. The van der Waals surface area contributed by atoms with Crippen LogP contribution in [0.4, 0.5) is 5.69 Å². The van der Waals surface area contributed by atoms with E-state index in [1.807, 2.05) is 13.0 Å². The van der Waals surface area contributed by atoms with E-state index in [0.717, 1.165) is 22.5 Å². The van der Waals surface area contributed by atoms with Crippen LogP contribution in [-0.2, 0) is 6.54 Å². The lowest BCUT2D eigenvalue weighted by molar-refractivity contribution is 1.11. The molecule has 84 valence electrons. The van der Waals surface area contributed by atoms with E-state index in [1.54, 1.807) is 11.3 Å². The van der Waals surface area contributed by atoms with Crippen LogP contribution in [-0.4, -0.2) is 4.98 Å². The Bertz CT molecular complexity index is 494. The normalized spacial score (nSPS) is 10.4. The van der Waals surface area contributed by atoms with Crippen LogP contribution in [0.3, 0.4) is 0 Å². The third kappa shape index (κ3) is 2.62. The van der Waals surface area contributed by atoms with Crippen molar-refractivity contribution in [2.45, 2.75) is 20.4 Å². The monoisotopic (exact) mass is 296 g/mol. The fourth-order valence-corrected chi connectivity index (χ4v) is 2.72. The minimum absolute atomic E-state index is 0.869. The molecule has 0 atom stereocenters. The molecule has 0 aliphatic carbocycles. The molecule has 2 rings (SSSR count). The van der Waals surface area contributed by atoms with Gasteiger partial charge in [0.15, 0.2) is 0 Å². The van der Waals surface area contributed by atoms with E-state index in [1.165, 1.54) is 10.4 Å². The molecule has 0 bridgehead atoms. The van der Waals surface area contributed by atoms with Crippen molar-refractivity contribution in [3.05, 3.63) is 44.3 Å². The number of nitrogens with zero attached hydrogens (tertiary/aromatic N) is 1. The second-order valence-corrected chi connectivity index (χ2v) is 5.46. The van der Waals surface area contributed by atoms with Gasteiger partial charge in [0.05, 0.1) is 11.4 Å². The average molecular weight is 297 g/mol. The molecular formula is C12H13BrN2S. The van der Waals surface area contributed by atoms with Crippen LogP contribution in [0.5, 0.6) is 0 Å². The zero-order valence-corrected chi connectivity index (χ0v) is 11.7. The summed E-state index contributed by atoms with van der Waals surface area (Å²) >= 11 is 5.15. The molecular weight excluding hydrogens is 284 g/mol. The SMILES string of the molecule is Cc1ccsc1CNc1ccc(Br)nc1C. The zero-order valence-electron chi connectivity index (χ0n) is 9.25. The zero-order chi connectivity index (χ0) is 11.5. The summed E-state index contributed by atoms with van der Waals surface area (Å²) in [5.41, 5.74) is 3.46. The summed E-state index contributed by atoms with van der Waals surface area (Å²) in [5.74, 6) is 0. The Morgan fingerprint density at radius 2 is 2.12 bits per heavy atom. The Kier molecular flexibility index (Phi) is 3.61. The first-order valence-corrected chi connectivity index (χ1v) is 6.74. The first-order chi connectivity index (χ1) is 7.66. The number of pyridine rings is 1. The number of aromatic nitrogens is 1. The average Bonchev–Trinajstić information content (AvgIpc) is 2.63. The van der Waals surface area contributed by atoms with Crippen molar-refractivity contribution < 1.29 is 0 Å². The molecule has 0 amide bonds. The first kappa shape index (κ1) is 11.6. The second kappa shape index (κ2) is 4.97. The maximum atomic E-state index is 4.35. The van der Waals surface area contributed by atoms with E-state index in [9.17, 15) is 0 Å². The van der Waals surface area contributed by atoms with E-state index >= 15 is 0 Å². The number of hydrogen-bond donors (Lipinski definition) is 1. The van der Waals surface area contributed by atoms with Gasteiger partial charge in [-0.15, -0.1) is 11.3 Å². The highest BCUT2D eigenvalue weighted by atomic mass is 79.9. The van der Waals surface area contributed by atoms with E-state index in [0.29, 0.717) is 0 Å². The predicted octanol–water partition coefficient (Wildman–Crippen LogP) is 4.13. The summed E-state index contributed by atoms with van der Waals surface area (Å²) in [6.07, 6.45) is 0.